The van der Waals surface area contributed by atoms with E-state index in [1.54, 1.807) is 0 Å². The predicted octanol–water partition coefficient (Wildman–Crippen LogP) is 2.23. The first-order valence-corrected chi connectivity index (χ1v) is 7.13. The number of nitrogens with zero attached hydrogens (tertiary/aromatic N) is 2. The molecule has 1 heterocycles. The van der Waals surface area contributed by atoms with E-state index >= 15 is 0 Å². The molecule has 1 saturated heterocycles. The van der Waals surface area contributed by atoms with Crippen molar-refractivity contribution in [2.45, 2.75) is 18.8 Å². The van der Waals surface area contributed by atoms with Gasteiger partial charge in [0.05, 0.1) is 12.0 Å². The fourth-order valence-corrected chi connectivity index (χ4v) is 2.81. The molecule has 1 aliphatic heterocycles. The fourth-order valence-electron chi connectivity index (χ4n) is 2.81. The standard InChI is InChI=1S/C16H23N3/c1-19(12-14-6-5-9-18-11-14)13-16(10-17)15-7-3-2-4-8-15/h2-4,7-8,14,16,18H,5-6,9,11-13H2,1H3. The molecule has 2 rings (SSSR count). The van der Waals surface area contributed by atoms with Crippen LogP contribution in [0.3, 0.4) is 0 Å². The molecule has 2 atom stereocenters. The van der Waals surface area contributed by atoms with Crippen LogP contribution >= 0.6 is 0 Å². The van der Waals surface area contributed by atoms with E-state index in [1.165, 1.54) is 12.8 Å². The van der Waals surface area contributed by atoms with Gasteiger partial charge >= 0.3 is 0 Å². The molecule has 1 aliphatic rings. The molecule has 1 N–H and O–H groups in total. The van der Waals surface area contributed by atoms with Crippen LogP contribution in [0, 0.1) is 17.2 Å². The highest BCUT2D eigenvalue weighted by atomic mass is 15.1. The third kappa shape index (κ3) is 4.34. The van der Waals surface area contributed by atoms with E-state index in [2.05, 4.69) is 23.3 Å². The van der Waals surface area contributed by atoms with Crippen molar-refractivity contribution in [2.75, 3.05) is 33.2 Å². The largest absolute Gasteiger partial charge is 0.316 e. The molecule has 0 saturated carbocycles. The van der Waals surface area contributed by atoms with Crippen molar-refractivity contribution in [1.82, 2.24) is 10.2 Å². The number of hydrogen-bond donors (Lipinski definition) is 1. The monoisotopic (exact) mass is 257 g/mol. The smallest absolute Gasteiger partial charge is 0.0839 e. The maximum Gasteiger partial charge on any atom is 0.0839 e. The quantitative estimate of drug-likeness (QED) is 0.879. The summed E-state index contributed by atoms with van der Waals surface area (Å²) in [6.07, 6.45) is 2.58. The molecular weight excluding hydrogens is 234 g/mol. The summed E-state index contributed by atoms with van der Waals surface area (Å²) < 4.78 is 0. The molecule has 3 nitrogen and oxygen atoms in total. The van der Waals surface area contributed by atoms with Gasteiger partial charge in [0.25, 0.3) is 0 Å². The van der Waals surface area contributed by atoms with E-state index in [9.17, 15) is 5.26 Å². The molecule has 0 aliphatic carbocycles. The Bertz CT molecular complexity index is 404. The van der Waals surface area contributed by atoms with Gasteiger partial charge in [0.15, 0.2) is 0 Å². The van der Waals surface area contributed by atoms with Crippen LogP contribution in [0.5, 0.6) is 0 Å². The number of rotatable bonds is 5. The van der Waals surface area contributed by atoms with Gasteiger partial charge in [-0.2, -0.15) is 5.26 Å². The Morgan fingerprint density at radius 3 is 2.84 bits per heavy atom. The molecule has 1 aromatic rings. The molecule has 0 aromatic heterocycles. The highest BCUT2D eigenvalue weighted by Gasteiger charge is 2.18. The molecular formula is C16H23N3. The number of hydrogen-bond acceptors (Lipinski definition) is 3. The van der Waals surface area contributed by atoms with Gasteiger partial charge in [0.1, 0.15) is 0 Å². The van der Waals surface area contributed by atoms with Crippen molar-refractivity contribution >= 4 is 0 Å². The Hall–Kier alpha value is -1.37. The number of benzene rings is 1. The van der Waals surface area contributed by atoms with E-state index in [0.717, 1.165) is 37.7 Å². The lowest BCUT2D eigenvalue weighted by Crippen LogP contribution is -2.38. The predicted molar refractivity (Wildman–Crippen MR) is 77.9 cm³/mol. The highest BCUT2D eigenvalue weighted by molar-refractivity contribution is 5.25. The Morgan fingerprint density at radius 1 is 1.42 bits per heavy atom. The van der Waals surface area contributed by atoms with Crippen molar-refractivity contribution in [3.05, 3.63) is 35.9 Å². The Morgan fingerprint density at radius 2 is 2.21 bits per heavy atom. The SMILES string of the molecule is CN(CC1CCCNC1)CC(C#N)c1ccccc1. The number of nitriles is 1. The van der Waals surface area contributed by atoms with E-state index in [1.807, 2.05) is 30.3 Å². The first-order chi connectivity index (χ1) is 9.29. The summed E-state index contributed by atoms with van der Waals surface area (Å²) in [6, 6.07) is 12.5. The zero-order valence-electron chi connectivity index (χ0n) is 11.7. The van der Waals surface area contributed by atoms with Crippen LogP contribution in [-0.4, -0.2) is 38.1 Å². The Kier molecular flexibility index (Phi) is 5.38. The minimum Gasteiger partial charge on any atom is -0.316 e. The summed E-state index contributed by atoms with van der Waals surface area (Å²) in [5.41, 5.74) is 1.12. The van der Waals surface area contributed by atoms with Crippen molar-refractivity contribution in [2.24, 2.45) is 5.92 Å². The molecule has 102 valence electrons. The summed E-state index contributed by atoms with van der Waals surface area (Å²) >= 11 is 0. The minimum absolute atomic E-state index is 0.0252. The van der Waals surface area contributed by atoms with Gasteiger partial charge in [0.2, 0.25) is 0 Å². The lowest BCUT2D eigenvalue weighted by atomic mass is 9.97. The van der Waals surface area contributed by atoms with Crippen LogP contribution in [-0.2, 0) is 0 Å². The molecule has 1 aromatic carbocycles. The maximum atomic E-state index is 9.35. The van der Waals surface area contributed by atoms with Gasteiger partial charge in [0, 0.05) is 13.1 Å². The summed E-state index contributed by atoms with van der Waals surface area (Å²) in [4.78, 5) is 2.30. The van der Waals surface area contributed by atoms with E-state index in [0.29, 0.717) is 0 Å². The number of piperidine rings is 1. The summed E-state index contributed by atoms with van der Waals surface area (Å²) in [6.45, 7) is 4.17. The minimum atomic E-state index is -0.0252. The maximum absolute atomic E-state index is 9.35. The second-order valence-corrected chi connectivity index (χ2v) is 5.53. The third-order valence-electron chi connectivity index (χ3n) is 3.82. The van der Waals surface area contributed by atoms with Gasteiger partial charge in [-0.05, 0) is 44.5 Å². The molecule has 0 amide bonds. The van der Waals surface area contributed by atoms with Crippen LogP contribution in [0.15, 0.2) is 30.3 Å². The van der Waals surface area contributed by atoms with E-state index in [4.69, 9.17) is 0 Å². The van der Waals surface area contributed by atoms with Crippen LogP contribution in [0.1, 0.15) is 24.3 Å². The van der Waals surface area contributed by atoms with Gasteiger partial charge in [-0.3, -0.25) is 0 Å². The van der Waals surface area contributed by atoms with Gasteiger partial charge in [-0.15, -0.1) is 0 Å². The normalized spacial score (nSPS) is 21.0. The van der Waals surface area contributed by atoms with Crippen molar-refractivity contribution in [3.8, 4) is 6.07 Å². The van der Waals surface area contributed by atoms with Crippen molar-refractivity contribution < 1.29 is 0 Å². The molecule has 0 radical (unpaired) electrons. The Labute approximate surface area is 116 Å². The molecule has 0 spiro atoms. The lowest BCUT2D eigenvalue weighted by Gasteiger charge is -2.28. The van der Waals surface area contributed by atoms with Crippen molar-refractivity contribution in [3.63, 3.8) is 0 Å². The third-order valence-corrected chi connectivity index (χ3v) is 3.82. The van der Waals surface area contributed by atoms with Crippen LogP contribution in [0.4, 0.5) is 0 Å². The molecule has 0 bridgehead atoms. The van der Waals surface area contributed by atoms with Crippen LogP contribution in [0.2, 0.25) is 0 Å². The fraction of sp³-hybridized carbons (Fsp3) is 0.562. The topological polar surface area (TPSA) is 39.1 Å². The zero-order chi connectivity index (χ0) is 13.5. The van der Waals surface area contributed by atoms with Crippen molar-refractivity contribution in [1.29, 1.82) is 5.26 Å². The van der Waals surface area contributed by atoms with Crippen LogP contribution < -0.4 is 5.32 Å². The highest BCUT2D eigenvalue weighted by Crippen LogP contribution is 2.17. The molecule has 3 heteroatoms. The summed E-state index contributed by atoms with van der Waals surface area (Å²) in [5.74, 6) is 0.705. The summed E-state index contributed by atoms with van der Waals surface area (Å²) in [5, 5.41) is 12.8. The average molecular weight is 257 g/mol. The second-order valence-electron chi connectivity index (χ2n) is 5.53. The first-order valence-electron chi connectivity index (χ1n) is 7.13. The molecule has 1 fully saturated rings. The molecule has 19 heavy (non-hydrogen) atoms. The second kappa shape index (κ2) is 7.28. The van der Waals surface area contributed by atoms with Crippen LogP contribution in [0.25, 0.3) is 0 Å². The summed E-state index contributed by atoms with van der Waals surface area (Å²) in [7, 11) is 2.13. The van der Waals surface area contributed by atoms with E-state index in [-0.39, 0.29) is 5.92 Å². The zero-order valence-corrected chi connectivity index (χ0v) is 11.7. The first kappa shape index (κ1) is 14.0. The van der Waals surface area contributed by atoms with E-state index < -0.39 is 0 Å². The number of likely N-dealkylation sites (N-methyl/N-ethyl adjacent to an activating group) is 1. The number of nitrogens with one attached hydrogen (secondary N) is 1. The van der Waals surface area contributed by atoms with Gasteiger partial charge < -0.3 is 10.2 Å². The lowest BCUT2D eigenvalue weighted by molar-refractivity contribution is 0.240. The molecule has 2 unspecified atom stereocenters. The Balaban J connectivity index is 1.86. The van der Waals surface area contributed by atoms with Gasteiger partial charge in [-0.25, -0.2) is 0 Å². The average Bonchev–Trinajstić information content (AvgIpc) is 2.47. The van der Waals surface area contributed by atoms with Gasteiger partial charge in [-0.1, -0.05) is 30.3 Å².